The normalized spacial score (nSPS) is 13.9. The van der Waals surface area contributed by atoms with Gasteiger partial charge >= 0.3 is 5.97 Å². The molecule has 0 unspecified atom stereocenters. The van der Waals surface area contributed by atoms with Crippen molar-refractivity contribution in [2.24, 2.45) is 0 Å². The van der Waals surface area contributed by atoms with Crippen molar-refractivity contribution in [3.63, 3.8) is 0 Å². The van der Waals surface area contributed by atoms with Gasteiger partial charge in [-0.25, -0.2) is 4.79 Å². The summed E-state index contributed by atoms with van der Waals surface area (Å²) >= 11 is 0. The molecule has 1 aromatic carbocycles. The number of hydrogen-bond acceptors (Lipinski definition) is 4. The highest BCUT2D eigenvalue weighted by Crippen LogP contribution is 2.40. The molecule has 1 aromatic heterocycles. The summed E-state index contributed by atoms with van der Waals surface area (Å²) in [6.45, 7) is 0.379. The monoisotopic (exact) mass is 300 g/mol. The Labute approximate surface area is 127 Å². The van der Waals surface area contributed by atoms with Gasteiger partial charge in [0.2, 0.25) is 0 Å². The Bertz CT molecular complexity index is 701. The number of benzene rings is 1. The molecule has 1 aliphatic rings. The first-order valence-electron chi connectivity index (χ1n) is 7.09. The SMILES string of the molecule is CN(Cc1ccc(C(=O)O)cc1)C(=O)c1cc(C2CC2)on1. The van der Waals surface area contributed by atoms with Gasteiger partial charge in [0.25, 0.3) is 5.91 Å². The Morgan fingerprint density at radius 1 is 1.32 bits per heavy atom. The maximum atomic E-state index is 12.3. The summed E-state index contributed by atoms with van der Waals surface area (Å²) in [5, 5.41) is 12.7. The summed E-state index contributed by atoms with van der Waals surface area (Å²) in [7, 11) is 1.68. The lowest BCUT2D eigenvalue weighted by molar-refractivity contribution is 0.0695. The maximum Gasteiger partial charge on any atom is 0.335 e. The minimum atomic E-state index is -0.966. The summed E-state index contributed by atoms with van der Waals surface area (Å²) in [5.41, 5.74) is 1.39. The van der Waals surface area contributed by atoms with Crippen molar-refractivity contribution in [1.82, 2.24) is 10.1 Å². The molecule has 0 saturated heterocycles. The third kappa shape index (κ3) is 3.00. The van der Waals surface area contributed by atoms with Gasteiger partial charge in [0.05, 0.1) is 5.56 Å². The van der Waals surface area contributed by atoms with Crippen LogP contribution in [0.15, 0.2) is 34.9 Å². The molecule has 1 heterocycles. The van der Waals surface area contributed by atoms with Crippen LogP contribution in [0.3, 0.4) is 0 Å². The lowest BCUT2D eigenvalue weighted by Gasteiger charge is -2.15. The molecule has 114 valence electrons. The summed E-state index contributed by atoms with van der Waals surface area (Å²) in [5.74, 6) is 0.0228. The van der Waals surface area contributed by atoms with E-state index in [1.165, 1.54) is 17.0 Å². The molecule has 0 radical (unpaired) electrons. The quantitative estimate of drug-likeness (QED) is 0.917. The number of amides is 1. The van der Waals surface area contributed by atoms with E-state index in [1.54, 1.807) is 25.2 Å². The van der Waals surface area contributed by atoms with Gasteiger partial charge in [-0.3, -0.25) is 4.79 Å². The standard InChI is InChI=1S/C16H16N2O4/c1-18(9-10-2-4-12(5-3-10)16(20)21)15(19)13-8-14(22-17-13)11-6-7-11/h2-5,8,11H,6-7,9H2,1H3,(H,20,21). The molecule has 0 bridgehead atoms. The van der Waals surface area contributed by atoms with E-state index in [0.717, 1.165) is 24.2 Å². The summed E-state index contributed by atoms with van der Waals surface area (Å²) in [6.07, 6.45) is 2.18. The van der Waals surface area contributed by atoms with Gasteiger partial charge in [0.15, 0.2) is 5.69 Å². The Balaban J connectivity index is 1.65. The molecule has 6 nitrogen and oxygen atoms in total. The van der Waals surface area contributed by atoms with E-state index in [4.69, 9.17) is 9.63 Å². The first kappa shape index (κ1) is 14.3. The Morgan fingerprint density at radius 3 is 2.59 bits per heavy atom. The highest BCUT2D eigenvalue weighted by molar-refractivity contribution is 5.92. The van der Waals surface area contributed by atoms with Crippen LogP contribution >= 0.6 is 0 Å². The van der Waals surface area contributed by atoms with Gasteiger partial charge in [0, 0.05) is 25.6 Å². The molecule has 1 amide bonds. The zero-order valence-corrected chi connectivity index (χ0v) is 12.2. The molecule has 1 aliphatic carbocycles. The first-order chi connectivity index (χ1) is 10.5. The van der Waals surface area contributed by atoms with Crippen LogP contribution in [-0.4, -0.2) is 34.1 Å². The second-order valence-electron chi connectivity index (χ2n) is 5.55. The zero-order valence-electron chi connectivity index (χ0n) is 12.2. The largest absolute Gasteiger partial charge is 0.478 e. The molecule has 22 heavy (non-hydrogen) atoms. The van der Waals surface area contributed by atoms with Gasteiger partial charge in [-0.1, -0.05) is 17.3 Å². The van der Waals surface area contributed by atoms with Gasteiger partial charge in [-0.15, -0.1) is 0 Å². The molecule has 0 atom stereocenters. The zero-order chi connectivity index (χ0) is 15.7. The van der Waals surface area contributed by atoms with Crippen LogP contribution < -0.4 is 0 Å². The van der Waals surface area contributed by atoms with Crippen molar-refractivity contribution < 1.29 is 19.2 Å². The van der Waals surface area contributed by atoms with Crippen molar-refractivity contribution in [3.8, 4) is 0 Å². The number of rotatable bonds is 5. The molecule has 6 heteroatoms. The first-order valence-corrected chi connectivity index (χ1v) is 7.09. The fraction of sp³-hybridized carbons (Fsp3) is 0.312. The number of carbonyl (C=O) groups is 2. The van der Waals surface area contributed by atoms with Crippen LogP contribution in [0.25, 0.3) is 0 Å². The smallest absolute Gasteiger partial charge is 0.335 e. The van der Waals surface area contributed by atoms with Crippen molar-refractivity contribution >= 4 is 11.9 Å². The average Bonchev–Trinajstić information content (AvgIpc) is 3.24. The molecule has 1 N–H and O–H groups in total. The number of aromatic nitrogens is 1. The van der Waals surface area contributed by atoms with Crippen LogP contribution in [0, 0.1) is 0 Å². The van der Waals surface area contributed by atoms with Crippen molar-refractivity contribution in [2.75, 3.05) is 7.05 Å². The number of aromatic carboxylic acids is 1. The third-order valence-corrected chi connectivity index (χ3v) is 3.69. The van der Waals surface area contributed by atoms with Crippen LogP contribution in [0.1, 0.15) is 50.9 Å². The molecule has 1 fully saturated rings. The van der Waals surface area contributed by atoms with E-state index in [-0.39, 0.29) is 11.5 Å². The number of hydrogen-bond donors (Lipinski definition) is 1. The summed E-state index contributed by atoms with van der Waals surface area (Å²) < 4.78 is 5.19. The van der Waals surface area contributed by atoms with E-state index >= 15 is 0 Å². The molecule has 3 rings (SSSR count). The maximum absolute atomic E-state index is 12.3. The van der Waals surface area contributed by atoms with Gasteiger partial charge in [-0.2, -0.15) is 0 Å². The van der Waals surface area contributed by atoms with E-state index in [2.05, 4.69) is 5.16 Å². The van der Waals surface area contributed by atoms with Gasteiger partial charge in [-0.05, 0) is 30.5 Å². The van der Waals surface area contributed by atoms with Crippen molar-refractivity contribution in [3.05, 3.63) is 52.9 Å². The highest BCUT2D eigenvalue weighted by atomic mass is 16.5. The van der Waals surface area contributed by atoms with Crippen molar-refractivity contribution in [2.45, 2.75) is 25.3 Å². The fourth-order valence-electron chi connectivity index (χ4n) is 2.24. The lowest BCUT2D eigenvalue weighted by atomic mass is 10.1. The van der Waals surface area contributed by atoms with E-state index in [1.807, 2.05) is 0 Å². The Morgan fingerprint density at radius 2 is 2.00 bits per heavy atom. The number of carboxylic acids is 1. The molecule has 1 saturated carbocycles. The third-order valence-electron chi connectivity index (χ3n) is 3.69. The Hall–Kier alpha value is -2.63. The molecular formula is C16H16N2O4. The minimum Gasteiger partial charge on any atom is -0.478 e. The van der Waals surface area contributed by atoms with Crippen molar-refractivity contribution in [1.29, 1.82) is 0 Å². The van der Waals surface area contributed by atoms with Gasteiger partial charge < -0.3 is 14.5 Å². The summed E-state index contributed by atoms with van der Waals surface area (Å²) in [6, 6.07) is 8.16. The Kier molecular flexibility index (Phi) is 3.66. The molecular weight excluding hydrogens is 284 g/mol. The second-order valence-corrected chi connectivity index (χ2v) is 5.55. The lowest BCUT2D eigenvalue weighted by Crippen LogP contribution is -2.26. The van der Waals surface area contributed by atoms with E-state index in [9.17, 15) is 9.59 Å². The number of carboxylic acid groups (broad SMARTS) is 1. The summed E-state index contributed by atoms with van der Waals surface area (Å²) in [4.78, 5) is 24.6. The number of carbonyl (C=O) groups excluding carboxylic acids is 1. The van der Waals surface area contributed by atoms with E-state index in [0.29, 0.717) is 18.2 Å². The van der Waals surface area contributed by atoms with Gasteiger partial charge in [0.1, 0.15) is 5.76 Å². The molecule has 0 aliphatic heterocycles. The topological polar surface area (TPSA) is 83.6 Å². The van der Waals surface area contributed by atoms with Crippen LogP contribution in [0.2, 0.25) is 0 Å². The minimum absolute atomic E-state index is 0.210. The average molecular weight is 300 g/mol. The predicted octanol–water partition coefficient (Wildman–Crippen LogP) is 2.52. The molecule has 0 spiro atoms. The fourth-order valence-corrected chi connectivity index (χ4v) is 2.24. The second kappa shape index (κ2) is 5.63. The predicted molar refractivity (Wildman–Crippen MR) is 77.7 cm³/mol. The highest BCUT2D eigenvalue weighted by Gasteiger charge is 2.29. The molecule has 2 aromatic rings. The van der Waals surface area contributed by atoms with E-state index < -0.39 is 5.97 Å². The van der Waals surface area contributed by atoms with Crippen LogP contribution in [0.5, 0.6) is 0 Å². The number of nitrogens with zero attached hydrogens (tertiary/aromatic N) is 2. The van der Waals surface area contributed by atoms with Crippen LogP contribution in [0.4, 0.5) is 0 Å². The van der Waals surface area contributed by atoms with Crippen LogP contribution in [-0.2, 0) is 6.54 Å².